The Morgan fingerprint density at radius 3 is 2.45 bits per heavy atom. The van der Waals surface area contributed by atoms with E-state index < -0.39 is 0 Å². The fraction of sp³-hybridized carbons (Fsp3) is 0.500. The van der Waals surface area contributed by atoms with E-state index in [0.717, 1.165) is 55.1 Å². The van der Waals surface area contributed by atoms with E-state index in [0.29, 0.717) is 11.6 Å². The molecule has 2 amide bonds. The average Bonchev–Trinajstić information content (AvgIpc) is 3.44. The molecule has 1 aromatic carbocycles. The minimum absolute atomic E-state index is 0.100. The monoisotopic (exact) mass is 413 g/mol. The second-order valence-electron chi connectivity index (χ2n) is 8.08. The summed E-state index contributed by atoms with van der Waals surface area (Å²) in [6.45, 7) is 5.45. The van der Waals surface area contributed by atoms with Crippen LogP contribution in [-0.2, 0) is 4.79 Å². The lowest BCUT2D eigenvalue weighted by molar-refractivity contribution is -0.133. The number of piperidine rings is 1. The highest BCUT2D eigenvalue weighted by Gasteiger charge is 2.35. The van der Waals surface area contributed by atoms with E-state index in [9.17, 15) is 9.59 Å². The van der Waals surface area contributed by atoms with Crippen LogP contribution in [0.15, 0.2) is 29.6 Å². The van der Waals surface area contributed by atoms with Gasteiger partial charge in [0, 0.05) is 36.0 Å². The summed E-state index contributed by atoms with van der Waals surface area (Å²) >= 11 is 1.46. The Labute approximate surface area is 175 Å². The average molecular weight is 414 g/mol. The number of nitrogens with zero attached hydrogens (tertiary/aromatic N) is 2. The molecular weight excluding hydrogens is 386 g/mol. The van der Waals surface area contributed by atoms with E-state index in [1.54, 1.807) is 5.38 Å². The molecule has 0 atom stereocenters. The van der Waals surface area contributed by atoms with Gasteiger partial charge in [-0.3, -0.25) is 9.59 Å². The highest BCUT2D eigenvalue weighted by molar-refractivity contribution is 7.13. The van der Waals surface area contributed by atoms with Gasteiger partial charge in [-0.25, -0.2) is 4.98 Å². The highest BCUT2D eigenvalue weighted by Crippen LogP contribution is 2.32. The van der Waals surface area contributed by atoms with E-state index in [-0.39, 0.29) is 24.0 Å². The number of carbonyl (C=O) groups is 2. The van der Waals surface area contributed by atoms with Crippen LogP contribution in [0.5, 0.6) is 5.75 Å². The molecule has 0 unspecified atom stereocenters. The number of nitrogens with one attached hydrogen (secondary N) is 1. The first-order valence-electron chi connectivity index (χ1n) is 10.3. The molecule has 1 saturated heterocycles. The number of thiazole rings is 1. The molecule has 2 heterocycles. The quantitative estimate of drug-likeness (QED) is 0.783. The van der Waals surface area contributed by atoms with Crippen molar-refractivity contribution < 1.29 is 14.3 Å². The number of carbonyl (C=O) groups excluding carboxylic acids is 2. The van der Waals surface area contributed by atoms with Gasteiger partial charge in [-0.2, -0.15) is 0 Å². The van der Waals surface area contributed by atoms with Crippen LogP contribution < -0.4 is 10.1 Å². The zero-order chi connectivity index (χ0) is 20.4. The van der Waals surface area contributed by atoms with E-state index in [1.165, 1.54) is 11.3 Å². The molecule has 0 radical (unpaired) electrons. The van der Waals surface area contributed by atoms with Gasteiger partial charge in [0.15, 0.2) is 0 Å². The maximum atomic E-state index is 12.6. The number of ether oxygens (including phenoxy) is 1. The van der Waals surface area contributed by atoms with Crippen LogP contribution in [-0.4, -0.2) is 46.9 Å². The summed E-state index contributed by atoms with van der Waals surface area (Å²) in [6, 6.07) is 7.87. The van der Waals surface area contributed by atoms with Crippen LogP contribution in [0.1, 0.15) is 50.0 Å². The summed E-state index contributed by atoms with van der Waals surface area (Å²) in [5.41, 5.74) is 1.42. The smallest absolute Gasteiger partial charge is 0.270 e. The van der Waals surface area contributed by atoms with Gasteiger partial charge < -0.3 is 15.0 Å². The predicted octanol–water partition coefficient (Wildman–Crippen LogP) is 3.73. The number of amides is 2. The van der Waals surface area contributed by atoms with Crippen LogP contribution in [0.4, 0.5) is 0 Å². The Hall–Kier alpha value is -2.41. The van der Waals surface area contributed by atoms with Crippen molar-refractivity contribution in [1.29, 1.82) is 0 Å². The molecule has 0 bridgehead atoms. The first-order valence-corrected chi connectivity index (χ1v) is 11.2. The van der Waals surface area contributed by atoms with Crippen LogP contribution in [0.2, 0.25) is 0 Å². The molecule has 1 saturated carbocycles. The molecule has 0 spiro atoms. The summed E-state index contributed by atoms with van der Waals surface area (Å²) in [5, 5.41) is 5.70. The van der Waals surface area contributed by atoms with E-state index in [2.05, 4.69) is 10.3 Å². The van der Waals surface area contributed by atoms with Gasteiger partial charge in [-0.1, -0.05) is 0 Å². The molecule has 2 aliphatic rings. The standard InChI is InChI=1S/C22H27N3O3S/c1-14(2)28-18-7-5-15(6-8-18)21-24-19(13-29-21)20(26)23-17-9-11-25(12-10-17)22(27)16-3-4-16/h5-8,13-14,16-17H,3-4,9-12H2,1-2H3,(H,23,26). The third-order valence-corrected chi connectivity index (χ3v) is 6.17. The maximum Gasteiger partial charge on any atom is 0.270 e. The zero-order valence-corrected chi connectivity index (χ0v) is 17.7. The zero-order valence-electron chi connectivity index (χ0n) is 16.9. The topological polar surface area (TPSA) is 71.5 Å². The van der Waals surface area contributed by atoms with E-state index >= 15 is 0 Å². The Morgan fingerprint density at radius 2 is 1.83 bits per heavy atom. The first kappa shape index (κ1) is 19.9. The number of hydrogen-bond donors (Lipinski definition) is 1. The highest BCUT2D eigenvalue weighted by atomic mass is 32.1. The second-order valence-corrected chi connectivity index (χ2v) is 8.93. The van der Waals surface area contributed by atoms with Gasteiger partial charge in [0.05, 0.1) is 6.10 Å². The molecule has 2 aromatic rings. The van der Waals surface area contributed by atoms with E-state index in [4.69, 9.17) is 4.74 Å². The van der Waals surface area contributed by atoms with Gasteiger partial charge in [-0.15, -0.1) is 11.3 Å². The summed E-state index contributed by atoms with van der Waals surface area (Å²) in [5.74, 6) is 1.24. The summed E-state index contributed by atoms with van der Waals surface area (Å²) in [6.07, 6.45) is 3.82. The van der Waals surface area contributed by atoms with Crippen molar-refractivity contribution in [1.82, 2.24) is 15.2 Å². The van der Waals surface area contributed by atoms with Crippen LogP contribution in [0.3, 0.4) is 0 Å². The Balaban J connectivity index is 1.31. The molecular formula is C22H27N3O3S. The second kappa shape index (κ2) is 8.53. The Bertz CT molecular complexity index is 866. The number of hydrogen-bond acceptors (Lipinski definition) is 5. The lowest BCUT2D eigenvalue weighted by Crippen LogP contribution is -2.47. The molecule has 6 nitrogen and oxygen atoms in total. The van der Waals surface area contributed by atoms with Crippen molar-refractivity contribution in [2.75, 3.05) is 13.1 Å². The minimum atomic E-state index is -0.140. The summed E-state index contributed by atoms with van der Waals surface area (Å²) in [4.78, 5) is 31.2. The third kappa shape index (κ3) is 4.96. The molecule has 4 rings (SSSR count). The first-order chi connectivity index (χ1) is 14.0. The van der Waals surface area contributed by atoms with Gasteiger partial charge in [0.2, 0.25) is 5.91 Å². The van der Waals surface area contributed by atoms with Crippen molar-refractivity contribution in [3.63, 3.8) is 0 Å². The molecule has 154 valence electrons. The molecule has 1 aliphatic heterocycles. The lowest BCUT2D eigenvalue weighted by Gasteiger charge is -2.32. The van der Waals surface area contributed by atoms with Gasteiger partial charge in [0.25, 0.3) is 5.91 Å². The SMILES string of the molecule is CC(C)Oc1ccc(-c2nc(C(=O)NC3CCN(C(=O)C4CC4)CC3)cs2)cc1. The number of benzene rings is 1. The van der Waals surface area contributed by atoms with Gasteiger partial charge >= 0.3 is 0 Å². The van der Waals surface area contributed by atoms with Crippen LogP contribution in [0.25, 0.3) is 10.6 Å². The number of likely N-dealkylation sites (tertiary alicyclic amines) is 1. The molecule has 1 N–H and O–H groups in total. The number of aromatic nitrogens is 1. The largest absolute Gasteiger partial charge is 0.491 e. The third-order valence-electron chi connectivity index (χ3n) is 5.28. The Kier molecular flexibility index (Phi) is 5.85. The number of rotatable bonds is 6. The van der Waals surface area contributed by atoms with Gasteiger partial charge in [-0.05, 0) is 63.8 Å². The van der Waals surface area contributed by atoms with Crippen molar-refractivity contribution in [3.8, 4) is 16.3 Å². The fourth-order valence-electron chi connectivity index (χ4n) is 3.55. The lowest BCUT2D eigenvalue weighted by atomic mass is 10.0. The summed E-state index contributed by atoms with van der Waals surface area (Å²) < 4.78 is 5.67. The molecule has 1 aliphatic carbocycles. The normalized spacial score (nSPS) is 17.4. The van der Waals surface area contributed by atoms with Crippen molar-refractivity contribution in [2.45, 2.75) is 51.7 Å². The molecule has 2 fully saturated rings. The fourth-order valence-corrected chi connectivity index (χ4v) is 4.36. The molecule has 1 aromatic heterocycles. The van der Waals surface area contributed by atoms with Crippen LogP contribution in [0, 0.1) is 5.92 Å². The Morgan fingerprint density at radius 1 is 1.14 bits per heavy atom. The van der Waals surface area contributed by atoms with Crippen molar-refractivity contribution in [3.05, 3.63) is 35.3 Å². The summed E-state index contributed by atoms with van der Waals surface area (Å²) in [7, 11) is 0. The predicted molar refractivity (Wildman–Crippen MR) is 113 cm³/mol. The maximum absolute atomic E-state index is 12.6. The molecule has 29 heavy (non-hydrogen) atoms. The van der Waals surface area contributed by atoms with Gasteiger partial charge in [0.1, 0.15) is 16.5 Å². The minimum Gasteiger partial charge on any atom is -0.491 e. The molecule has 7 heteroatoms. The van der Waals surface area contributed by atoms with Crippen LogP contribution >= 0.6 is 11.3 Å². The van der Waals surface area contributed by atoms with Crippen molar-refractivity contribution >= 4 is 23.2 Å². The van der Waals surface area contributed by atoms with Crippen molar-refractivity contribution in [2.24, 2.45) is 5.92 Å². The van der Waals surface area contributed by atoms with E-state index in [1.807, 2.05) is 43.0 Å².